The molecule has 26 heavy (non-hydrogen) atoms. The van der Waals surface area contributed by atoms with E-state index in [9.17, 15) is 0 Å². The highest BCUT2D eigenvalue weighted by Gasteiger charge is 2.32. The van der Waals surface area contributed by atoms with Gasteiger partial charge in [0.1, 0.15) is 11.5 Å². The Morgan fingerprint density at radius 1 is 1.15 bits per heavy atom. The van der Waals surface area contributed by atoms with Gasteiger partial charge in [0.25, 0.3) is 0 Å². The normalized spacial score (nSPS) is 16.2. The number of ether oxygens (including phenoxy) is 2. The summed E-state index contributed by atoms with van der Waals surface area (Å²) in [6.45, 7) is 2.08. The molecule has 1 aliphatic rings. The molecule has 2 aromatic carbocycles. The van der Waals surface area contributed by atoms with Crippen molar-refractivity contribution in [2.45, 2.75) is 19.4 Å². The highest BCUT2D eigenvalue weighted by atomic mass is 32.1. The lowest BCUT2D eigenvalue weighted by Crippen LogP contribution is -2.34. The van der Waals surface area contributed by atoms with Gasteiger partial charge in [0, 0.05) is 19.0 Å². The van der Waals surface area contributed by atoms with Crippen molar-refractivity contribution in [3.63, 3.8) is 0 Å². The number of nitrogens with one attached hydrogen (secondary N) is 1. The summed E-state index contributed by atoms with van der Waals surface area (Å²) < 4.78 is 10.9. The minimum absolute atomic E-state index is 0.0430. The van der Waals surface area contributed by atoms with Gasteiger partial charge in [0.2, 0.25) is 0 Å². The lowest BCUT2D eigenvalue weighted by Gasteiger charge is -2.23. The summed E-state index contributed by atoms with van der Waals surface area (Å²) in [4.78, 5) is 0. The third-order valence-electron chi connectivity index (χ3n) is 4.51. The van der Waals surface area contributed by atoms with Crippen molar-refractivity contribution in [1.82, 2.24) is 10.3 Å². The highest BCUT2D eigenvalue weighted by molar-refractivity contribution is 7.80. The molecule has 0 aromatic heterocycles. The Kier molecular flexibility index (Phi) is 5.42. The maximum absolute atomic E-state index is 5.53. The van der Waals surface area contributed by atoms with Crippen LogP contribution in [-0.2, 0) is 0 Å². The standard InChI is InChI=1S/C20H23N3O2S/c1-13-5-7-14(8-6-13)18-12-17(22-23(18)20(26)21-2)16-11-15(24-3)9-10-19(16)25-4/h5-11,18H,12H2,1-4H3,(H,21,26)/t18-/m1/s1. The van der Waals surface area contributed by atoms with Crippen molar-refractivity contribution in [3.8, 4) is 11.5 Å². The van der Waals surface area contributed by atoms with Crippen LogP contribution < -0.4 is 14.8 Å². The minimum atomic E-state index is 0.0430. The van der Waals surface area contributed by atoms with Crippen LogP contribution in [0, 0.1) is 6.92 Å². The van der Waals surface area contributed by atoms with Gasteiger partial charge in [-0.25, -0.2) is 5.01 Å². The van der Waals surface area contributed by atoms with Gasteiger partial charge in [-0.3, -0.25) is 0 Å². The molecule has 0 saturated heterocycles. The number of hydrogen-bond donors (Lipinski definition) is 1. The van der Waals surface area contributed by atoms with E-state index in [1.54, 1.807) is 14.2 Å². The number of benzene rings is 2. The summed E-state index contributed by atoms with van der Waals surface area (Å²) in [6, 6.07) is 14.3. The van der Waals surface area contributed by atoms with Crippen molar-refractivity contribution < 1.29 is 9.47 Å². The maximum atomic E-state index is 5.53. The quantitative estimate of drug-likeness (QED) is 0.833. The van der Waals surface area contributed by atoms with Gasteiger partial charge in [-0.05, 0) is 42.9 Å². The van der Waals surface area contributed by atoms with E-state index in [1.807, 2.05) is 30.3 Å². The molecular weight excluding hydrogens is 346 g/mol. The molecular formula is C20H23N3O2S. The molecule has 0 bridgehead atoms. The molecule has 1 aliphatic heterocycles. The fourth-order valence-electron chi connectivity index (χ4n) is 3.06. The lowest BCUT2D eigenvalue weighted by atomic mass is 9.97. The summed E-state index contributed by atoms with van der Waals surface area (Å²) in [5.74, 6) is 1.54. The molecule has 0 aliphatic carbocycles. The summed E-state index contributed by atoms with van der Waals surface area (Å²) in [5, 5.41) is 10.3. The summed E-state index contributed by atoms with van der Waals surface area (Å²) in [7, 11) is 5.13. The largest absolute Gasteiger partial charge is 0.497 e. The monoisotopic (exact) mass is 369 g/mol. The Morgan fingerprint density at radius 3 is 2.50 bits per heavy atom. The Hall–Kier alpha value is -2.60. The van der Waals surface area contributed by atoms with Crippen LogP contribution in [0.1, 0.15) is 29.2 Å². The molecule has 0 spiro atoms. The average Bonchev–Trinajstić information content (AvgIpc) is 3.12. The predicted molar refractivity (Wildman–Crippen MR) is 108 cm³/mol. The van der Waals surface area contributed by atoms with Crippen LogP contribution in [0.4, 0.5) is 0 Å². The summed E-state index contributed by atoms with van der Waals surface area (Å²) >= 11 is 5.48. The average molecular weight is 369 g/mol. The Bertz CT molecular complexity index is 833. The maximum Gasteiger partial charge on any atom is 0.189 e. The topological polar surface area (TPSA) is 46.1 Å². The van der Waals surface area contributed by atoms with Crippen LogP contribution in [-0.4, -0.2) is 37.1 Å². The molecule has 136 valence electrons. The molecule has 5 nitrogen and oxygen atoms in total. The molecule has 3 rings (SSSR count). The van der Waals surface area contributed by atoms with Gasteiger partial charge in [-0.1, -0.05) is 29.8 Å². The zero-order valence-corrected chi connectivity index (χ0v) is 16.3. The van der Waals surface area contributed by atoms with Crippen LogP contribution >= 0.6 is 12.2 Å². The predicted octanol–water partition coefficient (Wildman–Crippen LogP) is 3.67. The minimum Gasteiger partial charge on any atom is -0.497 e. The van der Waals surface area contributed by atoms with Gasteiger partial charge < -0.3 is 14.8 Å². The first-order valence-electron chi connectivity index (χ1n) is 8.44. The van der Waals surface area contributed by atoms with Crippen molar-refractivity contribution in [2.75, 3.05) is 21.3 Å². The first-order chi connectivity index (χ1) is 12.6. The van der Waals surface area contributed by atoms with E-state index in [-0.39, 0.29) is 6.04 Å². The van der Waals surface area contributed by atoms with E-state index in [0.717, 1.165) is 29.2 Å². The molecule has 0 fully saturated rings. The zero-order chi connectivity index (χ0) is 18.7. The fourth-order valence-corrected chi connectivity index (χ4v) is 3.23. The third-order valence-corrected chi connectivity index (χ3v) is 4.90. The molecule has 0 saturated carbocycles. The van der Waals surface area contributed by atoms with E-state index in [2.05, 4.69) is 36.5 Å². The van der Waals surface area contributed by atoms with Crippen LogP contribution in [0.5, 0.6) is 11.5 Å². The van der Waals surface area contributed by atoms with Crippen molar-refractivity contribution in [2.24, 2.45) is 5.10 Å². The Balaban J connectivity index is 2.01. The van der Waals surface area contributed by atoms with Crippen LogP contribution in [0.25, 0.3) is 0 Å². The van der Waals surface area contributed by atoms with Crippen molar-refractivity contribution in [3.05, 3.63) is 59.2 Å². The first-order valence-corrected chi connectivity index (χ1v) is 8.85. The number of hydrogen-bond acceptors (Lipinski definition) is 4. The van der Waals surface area contributed by atoms with E-state index < -0.39 is 0 Å². The zero-order valence-electron chi connectivity index (χ0n) is 15.4. The fraction of sp³-hybridized carbons (Fsp3) is 0.300. The Labute approximate surface area is 159 Å². The smallest absolute Gasteiger partial charge is 0.189 e. The molecule has 6 heteroatoms. The molecule has 1 heterocycles. The van der Waals surface area contributed by atoms with E-state index in [1.165, 1.54) is 11.1 Å². The number of thiocarbonyl (C=S) groups is 1. The van der Waals surface area contributed by atoms with Gasteiger partial charge >= 0.3 is 0 Å². The van der Waals surface area contributed by atoms with Crippen molar-refractivity contribution >= 4 is 23.0 Å². The summed E-state index contributed by atoms with van der Waals surface area (Å²) in [5.41, 5.74) is 4.24. The lowest BCUT2D eigenvalue weighted by molar-refractivity contribution is 0.366. The number of hydrazone groups is 1. The molecule has 0 unspecified atom stereocenters. The highest BCUT2D eigenvalue weighted by Crippen LogP contribution is 2.36. The van der Waals surface area contributed by atoms with Crippen LogP contribution in [0.15, 0.2) is 47.6 Å². The second-order valence-corrected chi connectivity index (χ2v) is 6.53. The van der Waals surface area contributed by atoms with E-state index in [0.29, 0.717) is 5.11 Å². The molecule has 1 N–H and O–H groups in total. The van der Waals surface area contributed by atoms with Crippen molar-refractivity contribution in [1.29, 1.82) is 0 Å². The van der Waals surface area contributed by atoms with Crippen LogP contribution in [0.2, 0.25) is 0 Å². The van der Waals surface area contributed by atoms with Gasteiger partial charge in [0.05, 0.1) is 26.0 Å². The molecule has 1 atom stereocenters. The van der Waals surface area contributed by atoms with E-state index in [4.69, 9.17) is 26.8 Å². The van der Waals surface area contributed by atoms with Crippen LogP contribution in [0.3, 0.4) is 0 Å². The number of aryl methyl sites for hydroxylation is 1. The Morgan fingerprint density at radius 2 is 1.88 bits per heavy atom. The molecule has 2 aromatic rings. The van der Waals surface area contributed by atoms with Gasteiger partial charge in [-0.2, -0.15) is 5.10 Å². The summed E-state index contributed by atoms with van der Waals surface area (Å²) in [6.07, 6.45) is 0.731. The third kappa shape index (κ3) is 3.51. The first kappa shape index (κ1) is 18.2. The van der Waals surface area contributed by atoms with E-state index >= 15 is 0 Å². The molecule has 0 amide bonds. The molecule has 0 radical (unpaired) electrons. The van der Waals surface area contributed by atoms with Gasteiger partial charge in [0.15, 0.2) is 5.11 Å². The second kappa shape index (κ2) is 7.74. The number of methoxy groups -OCH3 is 2. The van der Waals surface area contributed by atoms with Gasteiger partial charge in [-0.15, -0.1) is 0 Å². The number of rotatable bonds is 4. The second-order valence-electron chi connectivity index (χ2n) is 6.14. The number of nitrogens with zero attached hydrogens (tertiary/aromatic N) is 2. The SMILES string of the molecule is CNC(=S)N1N=C(c2cc(OC)ccc2OC)C[C@@H]1c1ccc(C)cc1.